The number of carboxylic acid groups (broad SMARTS) is 1. The molecule has 0 amide bonds. The van der Waals surface area contributed by atoms with E-state index >= 15 is 0 Å². The quantitative estimate of drug-likeness (QED) is 0.718. The van der Waals surface area contributed by atoms with Gasteiger partial charge in [-0.2, -0.15) is 0 Å². The number of aliphatic imine (C=N–C) groups is 1. The maximum Gasteiger partial charge on any atom is 0.335 e. The molecule has 25 heavy (non-hydrogen) atoms. The van der Waals surface area contributed by atoms with Gasteiger partial charge in [0, 0.05) is 11.9 Å². The summed E-state index contributed by atoms with van der Waals surface area (Å²) in [6.45, 7) is 3.79. The molecule has 0 spiro atoms. The fraction of sp³-hybridized carbons (Fsp3) is 0.105. The first kappa shape index (κ1) is 16.4. The Bertz CT molecular complexity index is 994. The molecule has 0 radical (unpaired) electrons. The molecule has 1 aromatic heterocycles. The van der Waals surface area contributed by atoms with Crippen molar-refractivity contribution in [3.05, 3.63) is 81.3 Å². The molecule has 0 aliphatic carbocycles. The van der Waals surface area contributed by atoms with Gasteiger partial charge in [-0.3, -0.25) is 14.9 Å². The Kier molecular flexibility index (Phi) is 4.35. The van der Waals surface area contributed by atoms with E-state index in [1.165, 1.54) is 23.0 Å². The summed E-state index contributed by atoms with van der Waals surface area (Å²) in [6.07, 6.45) is 1.49. The molecule has 0 bridgehead atoms. The van der Waals surface area contributed by atoms with Crippen molar-refractivity contribution in [2.75, 3.05) is 0 Å². The van der Waals surface area contributed by atoms with Gasteiger partial charge in [-0.05, 0) is 50.2 Å². The first-order valence-corrected chi connectivity index (χ1v) is 7.72. The monoisotopic (exact) mass is 335 g/mol. The van der Waals surface area contributed by atoms with Crippen molar-refractivity contribution in [1.82, 2.24) is 9.78 Å². The van der Waals surface area contributed by atoms with E-state index in [0.717, 1.165) is 11.3 Å². The van der Waals surface area contributed by atoms with Gasteiger partial charge >= 0.3 is 5.97 Å². The highest BCUT2D eigenvalue weighted by Gasteiger charge is 2.10. The zero-order valence-corrected chi connectivity index (χ0v) is 13.9. The number of benzene rings is 2. The molecule has 3 aromatic rings. The van der Waals surface area contributed by atoms with E-state index in [2.05, 4.69) is 10.1 Å². The second kappa shape index (κ2) is 6.60. The Morgan fingerprint density at radius 2 is 1.72 bits per heavy atom. The first-order valence-electron chi connectivity index (χ1n) is 7.72. The highest BCUT2D eigenvalue weighted by molar-refractivity contribution is 5.88. The summed E-state index contributed by atoms with van der Waals surface area (Å²) in [5, 5.41) is 11.9. The predicted octanol–water partition coefficient (Wildman–Crippen LogP) is 3.23. The molecular weight excluding hydrogens is 318 g/mol. The average molecular weight is 335 g/mol. The van der Waals surface area contributed by atoms with Crippen LogP contribution in [0.2, 0.25) is 0 Å². The van der Waals surface area contributed by atoms with Gasteiger partial charge in [0.1, 0.15) is 0 Å². The molecule has 1 heterocycles. The van der Waals surface area contributed by atoms with Crippen LogP contribution < -0.4 is 5.56 Å². The highest BCUT2D eigenvalue weighted by Crippen LogP contribution is 2.14. The van der Waals surface area contributed by atoms with Crippen molar-refractivity contribution < 1.29 is 9.90 Å². The zero-order valence-electron chi connectivity index (χ0n) is 13.9. The minimum absolute atomic E-state index is 0.188. The van der Waals surface area contributed by atoms with E-state index in [1.54, 1.807) is 19.1 Å². The molecule has 3 rings (SSSR count). The third kappa shape index (κ3) is 3.42. The molecule has 0 saturated heterocycles. The number of nitrogens with zero attached hydrogens (tertiary/aromatic N) is 2. The molecule has 0 aliphatic rings. The van der Waals surface area contributed by atoms with Gasteiger partial charge in [0.15, 0.2) is 0 Å². The Morgan fingerprint density at radius 1 is 1.08 bits per heavy atom. The summed E-state index contributed by atoms with van der Waals surface area (Å²) >= 11 is 0. The van der Waals surface area contributed by atoms with Crippen LogP contribution in [-0.4, -0.2) is 27.1 Å². The van der Waals surface area contributed by atoms with E-state index in [1.807, 2.05) is 31.2 Å². The van der Waals surface area contributed by atoms with E-state index in [0.29, 0.717) is 16.9 Å². The zero-order chi connectivity index (χ0) is 18.0. The fourth-order valence-corrected chi connectivity index (χ4v) is 2.42. The largest absolute Gasteiger partial charge is 0.478 e. The van der Waals surface area contributed by atoms with Crippen molar-refractivity contribution in [3.8, 4) is 5.69 Å². The molecule has 0 aliphatic heterocycles. The van der Waals surface area contributed by atoms with Crippen LogP contribution in [-0.2, 0) is 0 Å². The van der Waals surface area contributed by atoms with Crippen molar-refractivity contribution in [1.29, 1.82) is 0 Å². The molecule has 2 aromatic carbocycles. The summed E-state index contributed by atoms with van der Waals surface area (Å²) in [6, 6.07) is 13.8. The summed E-state index contributed by atoms with van der Waals surface area (Å²) in [5.74, 6) is -0.988. The average Bonchev–Trinajstić information content (AvgIpc) is 2.88. The lowest BCUT2D eigenvalue weighted by Gasteiger charge is -2.01. The van der Waals surface area contributed by atoms with Gasteiger partial charge in [0.25, 0.3) is 5.56 Å². The molecule has 0 atom stereocenters. The SMILES string of the molecule is Cc1ccc(-n2[nH]c(C)c(C=Nc3ccc(C(=O)O)cc3)c2=O)cc1. The van der Waals surface area contributed by atoms with Crippen molar-refractivity contribution in [2.24, 2.45) is 4.99 Å². The van der Waals surface area contributed by atoms with Crippen LogP contribution in [0.25, 0.3) is 5.69 Å². The van der Waals surface area contributed by atoms with E-state index in [4.69, 9.17) is 5.11 Å². The topological polar surface area (TPSA) is 87.4 Å². The number of H-pyrrole nitrogens is 1. The van der Waals surface area contributed by atoms with E-state index < -0.39 is 5.97 Å². The standard InChI is InChI=1S/C19H17N3O3/c1-12-3-9-16(10-4-12)22-18(23)17(13(2)21-22)11-20-15-7-5-14(6-8-15)19(24)25/h3-11,21H,1-2H3,(H,24,25). The maximum absolute atomic E-state index is 12.6. The highest BCUT2D eigenvalue weighted by atomic mass is 16.4. The fourth-order valence-electron chi connectivity index (χ4n) is 2.42. The summed E-state index contributed by atoms with van der Waals surface area (Å²) in [4.78, 5) is 27.7. The van der Waals surface area contributed by atoms with Crippen LogP contribution in [0.4, 0.5) is 5.69 Å². The molecular formula is C19H17N3O3. The second-order valence-electron chi connectivity index (χ2n) is 5.74. The van der Waals surface area contributed by atoms with Gasteiger partial charge in [-0.25, -0.2) is 9.48 Å². The second-order valence-corrected chi connectivity index (χ2v) is 5.74. The van der Waals surface area contributed by atoms with Crippen LogP contribution >= 0.6 is 0 Å². The number of nitrogens with one attached hydrogen (secondary N) is 1. The number of aromatic carboxylic acids is 1. The number of aryl methyl sites for hydroxylation is 2. The maximum atomic E-state index is 12.6. The Labute approximate surface area is 144 Å². The van der Waals surface area contributed by atoms with Gasteiger partial charge in [-0.1, -0.05) is 17.7 Å². The lowest BCUT2D eigenvalue weighted by atomic mass is 10.2. The predicted molar refractivity (Wildman–Crippen MR) is 96.5 cm³/mol. The molecule has 0 fully saturated rings. The summed E-state index contributed by atoms with van der Waals surface area (Å²) in [7, 11) is 0. The summed E-state index contributed by atoms with van der Waals surface area (Å²) in [5.41, 5.74) is 3.62. The van der Waals surface area contributed by atoms with Crippen LogP contribution in [0.15, 0.2) is 58.3 Å². The first-order chi connectivity index (χ1) is 12.0. The van der Waals surface area contributed by atoms with Gasteiger partial charge in [0.2, 0.25) is 0 Å². The minimum Gasteiger partial charge on any atom is -0.478 e. The number of hydrogen-bond donors (Lipinski definition) is 2. The number of carboxylic acids is 1. The Morgan fingerprint density at radius 3 is 2.32 bits per heavy atom. The Balaban J connectivity index is 1.91. The molecule has 2 N–H and O–H groups in total. The van der Waals surface area contributed by atoms with Crippen LogP contribution in [0.5, 0.6) is 0 Å². The molecule has 0 unspecified atom stereocenters. The van der Waals surface area contributed by atoms with Crippen LogP contribution in [0.1, 0.15) is 27.2 Å². The van der Waals surface area contributed by atoms with Crippen molar-refractivity contribution in [2.45, 2.75) is 13.8 Å². The van der Waals surface area contributed by atoms with Gasteiger partial charge in [-0.15, -0.1) is 0 Å². The number of aromatic nitrogens is 2. The van der Waals surface area contributed by atoms with Gasteiger partial charge in [0.05, 0.1) is 22.5 Å². The normalized spacial score (nSPS) is 11.1. The molecule has 6 nitrogen and oxygen atoms in total. The smallest absolute Gasteiger partial charge is 0.335 e. The lowest BCUT2D eigenvalue weighted by Crippen LogP contribution is -2.17. The minimum atomic E-state index is -0.988. The summed E-state index contributed by atoms with van der Waals surface area (Å²) < 4.78 is 1.48. The number of carbonyl (C=O) groups is 1. The van der Waals surface area contributed by atoms with Crippen molar-refractivity contribution >= 4 is 17.9 Å². The number of hydrogen-bond acceptors (Lipinski definition) is 3. The third-order valence-corrected chi connectivity index (χ3v) is 3.87. The van der Waals surface area contributed by atoms with E-state index in [9.17, 15) is 9.59 Å². The third-order valence-electron chi connectivity index (χ3n) is 3.87. The molecule has 0 saturated carbocycles. The van der Waals surface area contributed by atoms with E-state index in [-0.39, 0.29) is 11.1 Å². The van der Waals surface area contributed by atoms with Crippen LogP contribution in [0.3, 0.4) is 0 Å². The molecule has 6 heteroatoms. The van der Waals surface area contributed by atoms with Crippen molar-refractivity contribution in [3.63, 3.8) is 0 Å². The number of aromatic amines is 1. The number of rotatable bonds is 4. The molecule has 126 valence electrons. The Hall–Kier alpha value is -3.41. The van der Waals surface area contributed by atoms with Crippen LogP contribution in [0, 0.1) is 13.8 Å². The lowest BCUT2D eigenvalue weighted by molar-refractivity contribution is 0.0697. The van der Waals surface area contributed by atoms with Gasteiger partial charge < -0.3 is 5.11 Å².